The van der Waals surface area contributed by atoms with Crippen LogP contribution < -0.4 is 10.6 Å². The molecule has 3 rings (SSSR count). The van der Waals surface area contributed by atoms with Crippen LogP contribution in [0.15, 0.2) is 70.8 Å². The lowest BCUT2D eigenvalue weighted by atomic mass is 10.2. The molecule has 0 atom stereocenters. The molecule has 0 spiro atoms. The molecule has 1 aromatic carbocycles. The van der Waals surface area contributed by atoms with Crippen molar-refractivity contribution < 1.29 is 4.42 Å². The molecular weight excluding hydrogens is 302 g/mol. The van der Waals surface area contributed by atoms with Crippen LogP contribution in [-0.2, 0) is 13.1 Å². The Morgan fingerprint density at radius 2 is 2.12 bits per heavy atom. The third kappa shape index (κ3) is 4.04. The molecule has 6 heteroatoms. The molecule has 0 aliphatic rings. The van der Waals surface area contributed by atoms with Gasteiger partial charge in [-0.3, -0.25) is 0 Å². The summed E-state index contributed by atoms with van der Waals surface area (Å²) in [6, 6.07) is 12.0. The highest BCUT2D eigenvalue weighted by Crippen LogP contribution is 2.15. The highest BCUT2D eigenvalue weighted by molar-refractivity contribution is 5.79. The summed E-state index contributed by atoms with van der Waals surface area (Å²) in [7, 11) is 0. The van der Waals surface area contributed by atoms with Gasteiger partial charge in [0.05, 0.1) is 31.4 Å². The number of nitrogens with one attached hydrogen (secondary N) is 2. The molecule has 0 bridgehead atoms. The van der Waals surface area contributed by atoms with Gasteiger partial charge in [0.2, 0.25) is 0 Å². The monoisotopic (exact) mass is 323 g/mol. The Labute approximate surface area is 141 Å². The molecular formula is C18H21N5O. The zero-order valence-electron chi connectivity index (χ0n) is 13.6. The zero-order valence-corrected chi connectivity index (χ0v) is 13.6. The summed E-state index contributed by atoms with van der Waals surface area (Å²) in [5.41, 5.74) is 2.21. The molecule has 3 aromatic rings. The third-order valence-electron chi connectivity index (χ3n) is 3.54. The number of hydrogen-bond donors (Lipinski definition) is 2. The fourth-order valence-corrected chi connectivity index (χ4v) is 2.39. The molecule has 2 N–H and O–H groups in total. The molecule has 124 valence electrons. The van der Waals surface area contributed by atoms with Crippen molar-refractivity contribution in [1.82, 2.24) is 20.2 Å². The van der Waals surface area contributed by atoms with Gasteiger partial charge in [0, 0.05) is 18.9 Å². The first-order valence-corrected chi connectivity index (χ1v) is 7.97. The Morgan fingerprint density at radius 1 is 1.21 bits per heavy atom. The van der Waals surface area contributed by atoms with Crippen molar-refractivity contribution in [3.8, 4) is 5.69 Å². The van der Waals surface area contributed by atoms with E-state index in [0.29, 0.717) is 13.1 Å². The van der Waals surface area contributed by atoms with Crippen molar-refractivity contribution >= 4 is 5.96 Å². The zero-order chi connectivity index (χ0) is 16.6. The van der Waals surface area contributed by atoms with Crippen LogP contribution in [0.5, 0.6) is 0 Å². The number of guanidine groups is 1. The van der Waals surface area contributed by atoms with Crippen molar-refractivity contribution in [2.75, 3.05) is 6.54 Å². The van der Waals surface area contributed by atoms with E-state index in [2.05, 4.69) is 32.7 Å². The number of aliphatic imine (C=N–C) groups is 1. The Balaban J connectivity index is 1.72. The van der Waals surface area contributed by atoms with Crippen LogP contribution in [-0.4, -0.2) is 22.1 Å². The largest absolute Gasteiger partial charge is 0.467 e. The number of imidazole rings is 1. The second-order valence-corrected chi connectivity index (χ2v) is 5.23. The minimum atomic E-state index is 0.571. The van der Waals surface area contributed by atoms with Crippen LogP contribution in [0.25, 0.3) is 5.69 Å². The van der Waals surface area contributed by atoms with Crippen LogP contribution >= 0.6 is 0 Å². The second kappa shape index (κ2) is 8.01. The van der Waals surface area contributed by atoms with Crippen LogP contribution in [0, 0.1) is 0 Å². The SMILES string of the molecule is CCNC(=NCc1ccccc1-n1ccnc1)NCc1ccco1. The van der Waals surface area contributed by atoms with Gasteiger partial charge in [-0.05, 0) is 30.7 Å². The summed E-state index contributed by atoms with van der Waals surface area (Å²) >= 11 is 0. The van der Waals surface area contributed by atoms with Gasteiger partial charge in [0.1, 0.15) is 5.76 Å². The number of hydrogen-bond acceptors (Lipinski definition) is 3. The third-order valence-corrected chi connectivity index (χ3v) is 3.54. The number of rotatable bonds is 6. The lowest BCUT2D eigenvalue weighted by Gasteiger charge is -2.12. The van der Waals surface area contributed by atoms with Gasteiger partial charge in [-0.15, -0.1) is 0 Å². The molecule has 0 aliphatic heterocycles. The van der Waals surface area contributed by atoms with E-state index in [1.54, 1.807) is 18.8 Å². The van der Waals surface area contributed by atoms with Crippen molar-refractivity contribution in [2.45, 2.75) is 20.0 Å². The van der Waals surface area contributed by atoms with Gasteiger partial charge < -0.3 is 19.6 Å². The van der Waals surface area contributed by atoms with E-state index in [1.165, 1.54) is 0 Å². The molecule has 2 heterocycles. The molecule has 24 heavy (non-hydrogen) atoms. The quantitative estimate of drug-likeness (QED) is 0.541. The molecule has 0 radical (unpaired) electrons. The summed E-state index contributed by atoms with van der Waals surface area (Å²) in [5.74, 6) is 1.63. The molecule has 6 nitrogen and oxygen atoms in total. The van der Waals surface area contributed by atoms with Gasteiger partial charge >= 0.3 is 0 Å². The maximum Gasteiger partial charge on any atom is 0.191 e. The van der Waals surface area contributed by atoms with E-state index in [-0.39, 0.29) is 0 Å². The Kier molecular flexibility index (Phi) is 5.29. The molecule has 0 fully saturated rings. The fraction of sp³-hybridized carbons (Fsp3) is 0.222. The number of para-hydroxylation sites is 1. The van der Waals surface area contributed by atoms with Crippen molar-refractivity contribution in [3.63, 3.8) is 0 Å². The fourth-order valence-electron chi connectivity index (χ4n) is 2.39. The van der Waals surface area contributed by atoms with Crippen LogP contribution in [0.1, 0.15) is 18.2 Å². The van der Waals surface area contributed by atoms with E-state index < -0.39 is 0 Å². The van der Waals surface area contributed by atoms with E-state index in [9.17, 15) is 0 Å². The Hall–Kier alpha value is -3.02. The first kappa shape index (κ1) is 15.9. The highest BCUT2D eigenvalue weighted by Gasteiger charge is 2.04. The normalized spacial score (nSPS) is 11.5. The van der Waals surface area contributed by atoms with Crippen LogP contribution in [0.2, 0.25) is 0 Å². The molecule has 0 amide bonds. The van der Waals surface area contributed by atoms with Gasteiger partial charge in [-0.25, -0.2) is 9.98 Å². The predicted molar refractivity (Wildman–Crippen MR) is 93.9 cm³/mol. The lowest BCUT2D eigenvalue weighted by molar-refractivity contribution is 0.501. The van der Waals surface area contributed by atoms with Crippen molar-refractivity contribution in [2.24, 2.45) is 4.99 Å². The molecule has 0 saturated carbocycles. The van der Waals surface area contributed by atoms with Crippen LogP contribution in [0.3, 0.4) is 0 Å². The number of benzene rings is 1. The number of furan rings is 1. The summed E-state index contributed by atoms with van der Waals surface area (Å²) in [6.07, 6.45) is 7.17. The summed E-state index contributed by atoms with van der Waals surface area (Å²) in [5, 5.41) is 6.52. The van der Waals surface area contributed by atoms with E-state index in [1.807, 2.05) is 42.0 Å². The molecule has 0 unspecified atom stereocenters. The van der Waals surface area contributed by atoms with Gasteiger partial charge in [0.15, 0.2) is 5.96 Å². The number of nitrogens with zero attached hydrogens (tertiary/aromatic N) is 3. The van der Waals surface area contributed by atoms with E-state index in [4.69, 9.17) is 4.42 Å². The first-order valence-electron chi connectivity index (χ1n) is 7.97. The average molecular weight is 323 g/mol. The smallest absolute Gasteiger partial charge is 0.191 e. The Morgan fingerprint density at radius 3 is 2.88 bits per heavy atom. The Bertz CT molecular complexity index is 763. The van der Waals surface area contributed by atoms with Gasteiger partial charge in [0.25, 0.3) is 0 Å². The maximum absolute atomic E-state index is 5.34. The first-order chi connectivity index (χ1) is 11.9. The minimum absolute atomic E-state index is 0.571. The lowest BCUT2D eigenvalue weighted by Crippen LogP contribution is -2.36. The van der Waals surface area contributed by atoms with Crippen molar-refractivity contribution in [3.05, 3.63) is 72.7 Å². The van der Waals surface area contributed by atoms with Crippen molar-refractivity contribution in [1.29, 1.82) is 0 Å². The topological polar surface area (TPSA) is 67.4 Å². The van der Waals surface area contributed by atoms with E-state index >= 15 is 0 Å². The van der Waals surface area contributed by atoms with Gasteiger partial charge in [-0.2, -0.15) is 0 Å². The standard InChI is InChI=1S/C18H21N5O/c1-2-20-18(22-13-16-7-5-11-24-16)21-12-15-6-3-4-8-17(15)23-10-9-19-14-23/h3-11,14H,2,12-13H2,1H3,(H2,20,21,22). The van der Waals surface area contributed by atoms with Gasteiger partial charge in [-0.1, -0.05) is 18.2 Å². The highest BCUT2D eigenvalue weighted by atomic mass is 16.3. The summed E-state index contributed by atoms with van der Waals surface area (Å²) < 4.78 is 7.33. The van der Waals surface area contributed by atoms with Crippen LogP contribution in [0.4, 0.5) is 0 Å². The minimum Gasteiger partial charge on any atom is -0.467 e. The predicted octanol–water partition coefficient (Wildman–Crippen LogP) is 2.72. The molecule has 0 saturated heterocycles. The summed E-state index contributed by atoms with van der Waals surface area (Å²) in [4.78, 5) is 8.79. The summed E-state index contributed by atoms with van der Waals surface area (Å²) in [6.45, 7) is 4.01. The molecule has 2 aromatic heterocycles. The second-order valence-electron chi connectivity index (χ2n) is 5.23. The maximum atomic E-state index is 5.34. The number of aromatic nitrogens is 2. The van der Waals surface area contributed by atoms with E-state index in [0.717, 1.165) is 29.5 Å². The molecule has 0 aliphatic carbocycles. The average Bonchev–Trinajstić information content (AvgIpc) is 3.31.